The second kappa shape index (κ2) is 2.73. The molecular formula is C11H19N. The number of hydrogen-bond donors (Lipinski definition) is 1. The molecule has 68 valence electrons. The molecule has 0 aromatic carbocycles. The first-order chi connectivity index (χ1) is 5.95. The first kappa shape index (κ1) is 7.37. The molecule has 0 radical (unpaired) electrons. The average Bonchev–Trinajstić information content (AvgIpc) is 2.20. The van der Waals surface area contributed by atoms with Gasteiger partial charge in [-0.15, -0.1) is 0 Å². The second-order valence-electron chi connectivity index (χ2n) is 5.00. The van der Waals surface area contributed by atoms with Gasteiger partial charge in [0.1, 0.15) is 0 Å². The van der Waals surface area contributed by atoms with E-state index in [-0.39, 0.29) is 0 Å². The summed E-state index contributed by atoms with van der Waals surface area (Å²) in [6.07, 6.45) is 7.70. The number of rotatable bonds is 0. The van der Waals surface area contributed by atoms with Gasteiger partial charge >= 0.3 is 0 Å². The maximum absolute atomic E-state index is 3.57. The topological polar surface area (TPSA) is 12.0 Å². The Morgan fingerprint density at radius 3 is 2.08 bits per heavy atom. The standard InChI is InChI=1S/C11H19N/c1-3-9-4-2-8(1)10-5-6-12-7-11(9)10/h8-12H,1-7H2. The molecule has 0 spiro atoms. The van der Waals surface area contributed by atoms with Crippen LogP contribution in [-0.4, -0.2) is 13.1 Å². The maximum atomic E-state index is 3.57. The van der Waals surface area contributed by atoms with E-state index >= 15 is 0 Å². The van der Waals surface area contributed by atoms with Crippen molar-refractivity contribution in [2.45, 2.75) is 32.1 Å². The van der Waals surface area contributed by atoms with E-state index in [1.165, 1.54) is 19.5 Å². The summed E-state index contributed by atoms with van der Waals surface area (Å²) in [5.74, 6) is 4.43. The number of piperidine rings is 1. The average molecular weight is 165 g/mol. The summed E-state index contributed by atoms with van der Waals surface area (Å²) in [5, 5.41) is 3.57. The van der Waals surface area contributed by atoms with Gasteiger partial charge in [0.05, 0.1) is 0 Å². The Morgan fingerprint density at radius 1 is 0.750 bits per heavy atom. The Kier molecular flexibility index (Phi) is 1.68. The van der Waals surface area contributed by atoms with Crippen molar-refractivity contribution in [1.29, 1.82) is 0 Å². The molecular weight excluding hydrogens is 146 g/mol. The van der Waals surface area contributed by atoms with Crippen molar-refractivity contribution in [3.63, 3.8) is 0 Å². The molecule has 3 saturated carbocycles. The molecule has 4 aliphatic rings. The van der Waals surface area contributed by atoms with Crippen molar-refractivity contribution in [2.75, 3.05) is 13.1 Å². The summed E-state index contributed by atoms with van der Waals surface area (Å²) in [7, 11) is 0. The Morgan fingerprint density at radius 2 is 1.42 bits per heavy atom. The highest BCUT2D eigenvalue weighted by molar-refractivity contribution is 4.95. The van der Waals surface area contributed by atoms with Gasteiger partial charge in [0.15, 0.2) is 0 Å². The Bertz CT molecular complexity index is 150. The quantitative estimate of drug-likeness (QED) is 0.579. The van der Waals surface area contributed by atoms with E-state index < -0.39 is 0 Å². The van der Waals surface area contributed by atoms with Gasteiger partial charge in [-0.25, -0.2) is 0 Å². The van der Waals surface area contributed by atoms with Gasteiger partial charge in [0, 0.05) is 0 Å². The fourth-order valence-corrected chi connectivity index (χ4v) is 4.01. The van der Waals surface area contributed by atoms with Crippen LogP contribution in [0.15, 0.2) is 0 Å². The van der Waals surface area contributed by atoms with Crippen molar-refractivity contribution >= 4 is 0 Å². The van der Waals surface area contributed by atoms with Gasteiger partial charge in [-0.1, -0.05) is 0 Å². The minimum Gasteiger partial charge on any atom is -0.316 e. The lowest BCUT2D eigenvalue weighted by atomic mass is 9.57. The van der Waals surface area contributed by atoms with Crippen LogP contribution < -0.4 is 5.32 Å². The number of fused-ring (bicyclic) bond motifs is 2. The minimum atomic E-state index is 1.08. The van der Waals surface area contributed by atoms with Crippen molar-refractivity contribution in [3.8, 4) is 0 Å². The van der Waals surface area contributed by atoms with Crippen LogP contribution in [-0.2, 0) is 0 Å². The van der Waals surface area contributed by atoms with E-state index in [0.29, 0.717) is 0 Å². The first-order valence-electron chi connectivity index (χ1n) is 5.66. The molecule has 2 atom stereocenters. The van der Waals surface area contributed by atoms with Gasteiger partial charge < -0.3 is 5.32 Å². The zero-order chi connectivity index (χ0) is 7.97. The minimum absolute atomic E-state index is 1.08. The van der Waals surface area contributed by atoms with E-state index in [2.05, 4.69) is 5.32 Å². The van der Waals surface area contributed by atoms with Crippen LogP contribution in [0, 0.1) is 23.7 Å². The van der Waals surface area contributed by atoms with Crippen molar-refractivity contribution < 1.29 is 0 Å². The molecule has 1 N–H and O–H groups in total. The largest absolute Gasteiger partial charge is 0.316 e. The van der Waals surface area contributed by atoms with Crippen LogP contribution in [0.1, 0.15) is 32.1 Å². The summed E-state index contributed by atoms with van der Waals surface area (Å²) in [5.41, 5.74) is 0. The Hall–Kier alpha value is -0.0400. The highest BCUT2D eigenvalue weighted by Gasteiger charge is 2.43. The van der Waals surface area contributed by atoms with Gasteiger partial charge in [-0.2, -0.15) is 0 Å². The Labute approximate surface area is 74.9 Å². The molecule has 4 rings (SSSR count). The molecule has 12 heavy (non-hydrogen) atoms. The second-order valence-corrected chi connectivity index (χ2v) is 5.00. The summed E-state index contributed by atoms with van der Waals surface area (Å²) < 4.78 is 0. The third-order valence-electron chi connectivity index (χ3n) is 4.61. The predicted octanol–water partition coefficient (Wildman–Crippen LogP) is 2.03. The van der Waals surface area contributed by atoms with Crippen LogP contribution in [0.2, 0.25) is 0 Å². The fraction of sp³-hybridized carbons (Fsp3) is 1.00. The first-order valence-corrected chi connectivity index (χ1v) is 5.66. The lowest BCUT2D eigenvalue weighted by Crippen LogP contribution is -2.49. The van der Waals surface area contributed by atoms with E-state index in [1.54, 1.807) is 25.7 Å². The van der Waals surface area contributed by atoms with Gasteiger partial charge in [-0.05, 0) is 68.9 Å². The van der Waals surface area contributed by atoms with Gasteiger partial charge in [0.2, 0.25) is 0 Å². The van der Waals surface area contributed by atoms with Gasteiger partial charge in [-0.3, -0.25) is 0 Å². The Balaban J connectivity index is 1.83. The zero-order valence-electron chi connectivity index (χ0n) is 7.76. The normalized spacial score (nSPS) is 52.0. The summed E-state index contributed by atoms with van der Waals surface area (Å²) in [6, 6.07) is 0. The van der Waals surface area contributed by atoms with Crippen molar-refractivity contribution in [3.05, 3.63) is 0 Å². The lowest BCUT2D eigenvalue weighted by Gasteiger charge is -2.51. The van der Waals surface area contributed by atoms with Crippen LogP contribution >= 0.6 is 0 Å². The molecule has 1 nitrogen and oxygen atoms in total. The molecule has 1 saturated heterocycles. The number of hydrogen-bond acceptors (Lipinski definition) is 1. The molecule has 1 heterocycles. The molecule has 2 bridgehead atoms. The SMILES string of the molecule is C1CC2C3CCC(CC3)C2CN1. The van der Waals surface area contributed by atoms with E-state index in [4.69, 9.17) is 0 Å². The highest BCUT2D eigenvalue weighted by Crippen LogP contribution is 2.50. The molecule has 1 aliphatic heterocycles. The molecule has 2 unspecified atom stereocenters. The molecule has 3 aliphatic carbocycles. The zero-order valence-corrected chi connectivity index (χ0v) is 7.76. The molecule has 0 aromatic rings. The third-order valence-corrected chi connectivity index (χ3v) is 4.61. The summed E-state index contributed by atoms with van der Waals surface area (Å²) in [6.45, 7) is 2.64. The molecule has 1 heteroatoms. The predicted molar refractivity (Wildman–Crippen MR) is 49.9 cm³/mol. The van der Waals surface area contributed by atoms with Crippen LogP contribution in [0.3, 0.4) is 0 Å². The third kappa shape index (κ3) is 0.953. The van der Waals surface area contributed by atoms with Crippen LogP contribution in [0.5, 0.6) is 0 Å². The summed E-state index contributed by atoms with van der Waals surface area (Å²) >= 11 is 0. The van der Waals surface area contributed by atoms with E-state index in [0.717, 1.165) is 23.7 Å². The summed E-state index contributed by atoms with van der Waals surface area (Å²) in [4.78, 5) is 0. The highest BCUT2D eigenvalue weighted by atomic mass is 14.9. The molecule has 4 fully saturated rings. The van der Waals surface area contributed by atoms with E-state index in [9.17, 15) is 0 Å². The van der Waals surface area contributed by atoms with Gasteiger partial charge in [0.25, 0.3) is 0 Å². The van der Waals surface area contributed by atoms with Crippen molar-refractivity contribution in [1.82, 2.24) is 5.32 Å². The lowest BCUT2D eigenvalue weighted by molar-refractivity contribution is 0.00413. The van der Waals surface area contributed by atoms with E-state index in [1.807, 2.05) is 0 Å². The van der Waals surface area contributed by atoms with Crippen LogP contribution in [0.25, 0.3) is 0 Å². The van der Waals surface area contributed by atoms with Crippen LogP contribution in [0.4, 0.5) is 0 Å². The number of nitrogens with one attached hydrogen (secondary N) is 1. The van der Waals surface area contributed by atoms with Crippen molar-refractivity contribution in [2.24, 2.45) is 23.7 Å². The monoisotopic (exact) mass is 165 g/mol. The smallest absolute Gasteiger partial charge is 0.00151 e. The molecule has 0 amide bonds. The maximum Gasteiger partial charge on any atom is -0.00151 e. The fourth-order valence-electron chi connectivity index (χ4n) is 4.01. The molecule has 0 aromatic heterocycles.